The lowest BCUT2D eigenvalue weighted by Gasteiger charge is -2.11. The summed E-state index contributed by atoms with van der Waals surface area (Å²) in [6.45, 7) is -1.81. The predicted molar refractivity (Wildman–Crippen MR) is 84.8 cm³/mol. The zero-order valence-electron chi connectivity index (χ0n) is 13.4. The second-order valence-corrected chi connectivity index (χ2v) is 8.66. The molecule has 0 unspecified atom stereocenters. The molecule has 2 N–H and O–H groups in total. The van der Waals surface area contributed by atoms with Gasteiger partial charge < -0.3 is 0 Å². The Hall–Kier alpha value is -2.32. The number of halogens is 6. The van der Waals surface area contributed by atoms with E-state index in [1.54, 1.807) is 4.72 Å². The third kappa shape index (κ3) is 5.14. The summed E-state index contributed by atoms with van der Waals surface area (Å²) < 4.78 is 127. The minimum atomic E-state index is -4.78. The molecule has 6 nitrogen and oxygen atoms in total. The van der Waals surface area contributed by atoms with Gasteiger partial charge in [0, 0.05) is 5.69 Å². The predicted octanol–water partition coefficient (Wildman–Crippen LogP) is 2.75. The Morgan fingerprint density at radius 3 is 1.89 bits per heavy atom. The summed E-state index contributed by atoms with van der Waals surface area (Å²) in [6.07, 6.45) is -4.78. The highest BCUT2D eigenvalue weighted by Gasteiger charge is 2.30. The van der Waals surface area contributed by atoms with Crippen LogP contribution in [-0.4, -0.2) is 29.6 Å². The van der Waals surface area contributed by atoms with Gasteiger partial charge in [-0.05, 0) is 36.4 Å². The minimum absolute atomic E-state index is 0.307. The van der Waals surface area contributed by atoms with Gasteiger partial charge in [0.25, 0.3) is 10.0 Å². The van der Waals surface area contributed by atoms with Crippen molar-refractivity contribution >= 4 is 25.7 Å². The molecule has 0 aliphatic heterocycles. The van der Waals surface area contributed by atoms with Gasteiger partial charge in [0.05, 0.1) is 4.90 Å². The van der Waals surface area contributed by atoms with Crippen molar-refractivity contribution in [2.24, 2.45) is 0 Å². The molecule has 0 spiro atoms. The Morgan fingerprint density at radius 1 is 0.786 bits per heavy atom. The summed E-state index contributed by atoms with van der Waals surface area (Å²) in [5.74, 6) is -5.56. The molecular formula is C14H10F6N2O4S2. The lowest BCUT2D eigenvalue weighted by Crippen LogP contribution is -2.33. The molecule has 0 amide bonds. The molecule has 0 bridgehead atoms. The van der Waals surface area contributed by atoms with Crippen LogP contribution in [0.3, 0.4) is 0 Å². The lowest BCUT2D eigenvalue weighted by molar-refractivity contribution is -0.121. The molecule has 0 heterocycles. The summed E-state index contributed by atoms with van der Waals surface area (Å²) in [7, 11) is -9.23. The minimum Gasteiger partial charge on any atom is -0.280 e. The van der Waals surface area contributed by atoms with Crippen LogP contribution in [0.5, 0.6) is 0 Å². The highest BCUT2D eigenvalue weighted by Crippen LogP contribution is 2.23. The van der Waals surface area contributed by atoms with E-state index >= 15 is 0 Å². The van der Waals surface area contributed by atoms with Crippen molar-refractivity contribution in [3.05, 3.63) is 53.8 Å². The fourth-order valence-electron chi connectivity index (χ4n) is 1.89. The number of nitrogens with one attached hydrogen (secondary N) is 2. The summed E-state index contributed by atoms with van der Waals surface area (Å²) in [5, 5.41) is 0. The normalized spacial score (nSPS) is 12.8. The van der Waals surface area contributed by atoms with Crippen molar-refractivity contribution in [3.63, 3.8) is 0 Å². The molecule has 2 aromatic rings. The average molecular weight is 448 g/mol. The van der Waals surface area contributed by atoms with Gasteiger partial charge in [-0.2, -0.15) is 13.2 Å². The number of hydrogen-bond donors (Lipinski definition) is 2. The first-order chi connectivity index (χ1) is 12.7. The molecule has 2 rings (SSSR count). The monoisotopic (exact) mass is 448 g/mol. The maximum Gasteiger partial charge on any atom is 0.402 e. The van der Waals surface area contributed by atoms with Crippen LogP contribution < -0.4 is 9.44 Å². The van der Waals surface area contributed by atoms with E-state index < -0.39 is 60.0 Å². The maximum absolute atomic E-state index is 13.6. The topological polar surface area (TPSA) is 92.3 Å². The third-order valence-electron chi connectivity index (χ3n) is 3.17. The van der Waals surface area contributed by atoms with E-state index in [0.29, 0.717) is 12.1 Å². The van der Waals surface area contributed by atoms with Gasteiger partial charge in [0.15, 0.2) is 17.5 Å². The summed E-state index contributed by atoms with van der Waals surface area (Å²) >= 11 is 0. The van der Waals surface area contributed by atoms with E-state index in [1.807, 2.05) is 0 Å². The Kier molecular flexibility index (Phi) is 5.96. The van der Waals surface area contributed by atoms with Gasteiger partial charge in [-0.3, -0.25) is 4.72 Å². The van der Waals surface area contributed by atoms with Gasteiger partial charge in [-0.25, -0.2) is 34.7 Å². The lowest BCUT2D eigenvalue weighted by atomic mass is 10.3. The molecule has 0 aliphatic carbocycles. The van der Waals surface area contributed by atoms with Crippen LogP contribution >= 0.6 is 0 Å². The molecule has 154 valence electrons. The van der Waals surface area contributed by atoms with E-state index in [1.165, 1.54) is 4.72 Å². The van der Waals surface area contributed by atoms with Crippen LogP contribution in [0.2, 0.25) is 0 Å². The standard InChI is InChI=1S/C14H10F6N2O4S2/c15-10-5-6-11(13(17)12(10)16)28(25,26)22-8-1-3-9(4-2-8)27(23,24)21-7-14(18,19)20/h1-6,21-22H,7H2. The number of anilines is 1. The van der Waals surface area contributed by atoms with Crippen LogP contribution in [0.15, 0.2) is 46.2 Å². The van der Waals surface area contributed by atoms with Gasteiger partial charge >= 0.3 is 6.18 Å². The Morgan fingerprint density at radius 2 is 1.36 bits per heavy atom. The summed E-state index contributed by atoms with van der Waals surface area (Å²) in [6, 6.07) is 4.20. The summed E-state index contributed by atoms with van der Waals surface area (Å²) in [5.41, 5.74) is -0.307. The van der Waals surface area contributed by atoms with Gasteiger partial charge in [-0.15, -0.1) is 0 Å². The van der Waals surface area contributed by atoms with E-state index in [2.05, 4.69) is 0 Å². The summed E-state index contributed by atoms with van der Waals surface area (Å²) in [4.78, 5) is -1.80. The smallest absolute Gasteiger partial charge is 0.280 e. The molecule has 14 heteroatoms. The Labute approximate surface area is 155 Å². The second-order valence-electron chi connectivity index (χ2n) is 5.24. The molecule has 0 atom stereocenters. The van der Waals surface area contributed by atoms with Gasteiger partial charge in [0.1, 0.15) is 11.4 Å². The molecule has 0 saturated carbocycles. The van der Waals surface area contributed by atoms with E-state index in [9.17, 15) is 43.2 Å². The van der Waals surface area contributed by atoms with Crippen molar-refractivity contribution in [3.8, 4) is 0 Å². The number of hydrogen-bond acceptors (Lipinski definition) is 4. The highest BCUT2D eigenvalue weighted by atomic mass is 32.2. The van der Waals surface area contributed by atoms with Crippen LogP contribution in [0.4, 0.5) is 32.0 Å². The zero-order chi connectivity index (χ0) is 21.3. The molecule has 28 heavy (non-hydrogen) atoms. The van der Waals surface area contributed by atoms with Crippen molar-refractivity contribution in [2.75, 3.05) is 11.3 Å². The fraction of sp³-hybridized carbons (Fsp3) is 0.143. The SMILES string of the molecule is O=S(=O)(NCC(F)(F)F)c1ccc(NS(=O)(=O)c2ccc(F)c(F)c2F)cc1. The van der Waals surface area contributed by atoms with E-state index in [4.69, 9.17) is 0 Å². The third-order valence-corrected chi connectivity index (χ3v) is 5.98. The molecule has 0 saturated heterocycles. The fourth-order valence-corrected chi connectivity index (χ4v) is 4.03. The first-order valence-electron chi connectivity index (χ1n) is 7.06. The number of alkyl halides is 3. The highest BCUT2D eigenvalue weighted by molar-refractivity contribution is 7.92. The van der Waals surface area contributed by atoms with E-state index in [0.717, 1.165) is 24.3 Å². The van der Waals surface area contributed by atoms with Crippen molar-refractivity contribution < 1.29 is 43.2 Å². The molecule has 2 aromatic carbocycles. The Bertz CT molecular complexity index is 1080. The van der Waals surface area contributed by atoms with Crippen LogP contribution in [-0.2, 0) is 20.0 Å². The van der Waals surface area contributed by atoms with Crippen LogP contribution in [0.1, 0.15) is 0 Å². The molecule has 0 radical (unpaired) electrons. The number of rotatable bonds is 6. The van der Waals surface area contributed by atoms with Crippen molar-refractivity contribution in [2.45, 2.75) is 16.0 Å². The van der Waals surface area contributed by atoms with Crippen molar-refractivity contribution in [1.29, 1.82) is 0 Å². The maximum atomic E-state index is 13.6. The quantitative estimate of drug-likeness (QED) is 0.525. The van der Waals surface area contributed by atoms with Gasteiger partial charge in [-0.1, -0.05) is 0 Å². The molecule has 0 aliphatic rings. The number of benzene rings is 2. The second kappa shape index (κ2) is 7.60. The zero-order valence-corrected chi connectivity index (χ0v) is 15.0. The molecular weight excluding hydrogens is 438 g/mol. The number of sulfonamides is 2. The largest absolute Gasteiger partial charge is 0.402 e. The Balaban J connectivity index is 2.24. The first kappa shape index (κ1) is 22.0. The van der Waals surface area contributed by atoms with Crippen molar-refractivity contribution in [1.82, 2.24) is 4.72 Å². The van der Waals surface area contributed by atoms with Crippen LogP contribution in [0.25, 0.3) is 0 Å². The molecule has 0 fully saturated rings. The molecule has 0 aromatic heterocycles. The average Bonchev–Trinajstić information content (AvgIpc) is 2.57. The van der Waals surface area contributed by atoms with Crippen LogP contribution in [0, 0.1) is 17.5 Å². The van der Waals surface area contributed by atoms with E-state index in [-0.39, 0.29) is 5.69 Å². The first-order valence-corrected chi connectivity index (χ1v) is 10.0. The van der Waals surface area contributed by atoms with Gasteiger partial charge in [0.2, 0.25) is 10.0 Å².